The van der Waals surface area contributed by atoms with Gasteiger partial charge in [0.1, 0.15) is 5.54 Å². The molecule has 1 aliphatic rings. The van der Waals surface area contributed by atoms with Crippen molar-refractivity contribution in [2.45, 2.75) is 38.1 Å². The molecule has 1 aromatic rings. The van der Waals surface area contributed by atoms with Crippen LogP contribution in [0.15, 0.2) is 24.3 Å². The highest BCUT2D eigenvalue weighted by molar-refractivity contribution is 14.1. The standard InChI is InChI=1S/C15H18INO3/c1-10-5-2-3-8-15(10,14(19)20)17-13(18)11-6-4-7-12(16)9-11/h4,6-7,9-10H,2-3,5,8H2,1H3,(H,17,18)(H,19,20). The number of rotatable bonds is 3. The average Bonchev–Trinajstić information content (AvgIpc) is 2.41. The van der Waals surface area contributed by atoms with E-state index in [1.165, 1.54) is 0 Å². The van der Waals surface area contributed by atoms with E-state index in [2.05, 4.69) is 27.9 Å². The Hall–Kier alpha value is -1.11. The van der Waals surface area contributed by atoms with Crippen molar-refractivity contribution in [3.05, 3.63) is 33.4 Å². The van der Waals surface area contributed by atoms with E-state index in [1.54, 1.807) is 18.2 Å². The van der Waals surface area contributed by atoms with Crippen molar-refractivity contribution in [1.82, 2.24) is 5.32 Å². The van der Waals surface area contributed by atoms with Crippen molar-refractivity contribution >= 4 is 34.5 Å². The minimum absolute atomic E-state index is 0.0551. The topological polar surface area (TPSA) is 66.4 Å². The fourth-order valence-corrected chi connectivity index (χ4v) is 3.35. The van der Waals surface area contributed by atoms with Gasteiger partial charge in [0.2, 0.25) is 0 Å². The minimum Gasteiger partial charge on any atom is -0.479 e. The second-order valence-electron chi connectivity index (χ2n) is 5.39. The predicted octanol–water partition coefficient (Wildman–Crippen LogP) is 3.05. The molecular formula is C15H18INO3. The van der Waals surface area contributed by atoms with Gasteiger partial charge in [0.25, 0.3) is 5.91 Å². The molecule has 0 radical (unpaired) electrons. The monoisotopic (exact) mass is 387 g/mol. The summed E-state index contributed by atoms with van der Waals surface area (Å²) in [5, 5.41) is 12.4. The van der Waals surface area contributed by atoms with Crippen LogP contribution in [0, 0.1) is 9.49 Å². The molecule has 2 atom stereocenters. The second-order valence-corrected chi connectivity index (χ2v) is 6.63. The largest absolute Gasteiger partial charge is 0.479 e. The van der Waals surface area contributed by atoms with Crippen LogP contribution in [-0.4, -0.2) is 22.5 Å². The van der Waals surface area contributed by atoms with E-state index >= 15 is 0 Å². The maximum absolute atomic E-state index is 12.3. The van der Waals surface area contributed by atoms with Gasteiger partial charge in [-0.25, -0.2) is 4.79 Å². The Kier molecular flexibility index (Phi) is 4.67. The summed E-state index contributed by atoms with van der Waals surface area (Å²) in [6.07, 6.45) is 3.19. The van der Waals surface area contributed by atoms with Crippen molar-refractivity contribution < 1.29 is 14.7 Å². The summed E-state index contributed by atoms with van der Waals surface area (Å²) in [5.74, 6) is -1.29. The number of hydrogen-bond acceptors (Lipinski definition) is 2. The van der Waals surface area contributed by atoms with Crippen LogP contribution in [0.3, 0.4) is 0 Å². The molecule has 1 fully saturated rings. The van der Waals surface area contributed by atoms with E-state index in [9.17, 15) is 14.7 Å². The van der Waals surface area contributed by atoms with Gasteiger partial charge in [-0.1, -0.05) is 25.8 Å². The molecule has 0 spiro atoms. The van der Waals surface area contributed by atoms with E-state index in [4.69, 9.17) is 0 Å². The number of amides is 1. The van der Waals surface area contributed by atoms with E-state index in [1.807, 2.05) is 13.0 Å². The zero-order valence-electron chi connectivity index (χ0n) is 11.4. The third-order valence-corrected chi connectivity index (χ3v) is 4.78. The summed E-state index contributed by atoms with van der Waals surface area (Å²) in [7, 11) is 0. The quantitative estimate of drug-likeness (QED) is 0.784. The highest BCUT2D eigenvalue weighted by Crippen LogP contribution is 2.34. The molecule has 0 aliphatic heterocycles. The third kappa shape index (κ3) is 2.97. The molecule has 20 heavy (non-hydrogen) atoms. The smallest absolute Gasteiger partial charge is 0.329 e. The van der Waals surface area contributed by atoms with Crippen LogP contribution in [0.1, 0.15) is 43.0 Å². The first-order chi connectivity index (χ1) is 9.45. The van der Waals surface area contributed by atoms with Gasteiger partial charge in [0.05, 0.1) is 0 Å². The molecular weight excluding hydrogens is 369 g/mol. The lowest BCUT2D eigenvalue weighted by molar-refractivity contribution is -0.148. The Balaban J connectivity index is 2.24. The Morgan fingerprint density at radius 2 is 2.15 bits per heavy atom. The third-order valence-electron chi connectivity index (χ3n) is 4.10. The molecule has 0 aromatic heterocycles. The minimum atomic E-state index is -1.13. The van der Waals surface area contributed by atoms with E-state index in [0.29, 0.717) is 12.0 Å². The number of aliphatic carboxylic acids is 1. The summed E-state index contributed by atoms with van der Waals surface area (Å²) in [6, 6.07) is 7.17. The van der Waals surface area contributed by atoms with Gasteiger partial charge in [-0.05, 0) is 59.5 Å². The van der Waals surface area contributed by atoms with Crippen LogP contribution in [0.2, 0.25) is 0 Å². The second kappa shape index (κ2) is 6.11. The van der Waals surface area contributed by atoms with E-state index in [-0.39, 0.29) is 11.8 Å². The zero-order chi connectivity index (χ0) is 14.8. The molecule has 1 saturated carbocycles. The number of benzene rings is 1. The van der Waals surface area contributed by atoms with Gasteiger partial charge in [-0.15, -0.1) is 0 Å². The molecule has 0 heterocycles. The number of carbonyl (C=O) groups excluding carboxylic acids is 1. The van der Waals surface area contributed by atoms with Gasteiger partial charge in [0.15, 0.2) is 0 Å². The molecule has 0 saturated heterocycles. The summed E-state index contributed by atoms with van der Waals surface area (Å²) in [6.45, 7) is 1.91. The molecule has 4 nitrogen and oxygen atoms in total. The molecule has 2 N–H and O–H groups in total. The first-order valence-electron chi connectivity index (χ1n) is 6.77. The highest BCUT2D eigenvalue weighted by atomic mass is 127. The number of carbonyl (C=O) groups is 2. The maximum Gasteiger partial charge on any atom is 0.329 e. The van der Waals surface area contributed by atoms with Crippen LogP contribution in [0.25, 0.3) is 0 Å². The van der Waals surface area contributed by atoms with Gasteiger partial charge in [-0.3, -0.25) is 4.79 Å². The van der Waals surface area contributed by atoms with Crippen molar-refractivity contribution in [1.29, 1.82) is 0 Å². The van der Waals surface area contributed by atoms with Crippen LogP contribution in [0.5, 0.6) is 0 Å². The maximum atomic E-state index is 12.3. The van der Waals surface area contributed by atoms with Crippen LogP contribution >= 0.6 is 22.6 Å². The molecule has 1 aliphatic carbocycles. The van der Waals surface area contributed by atoms with Crippen LogP contribution in [-0.2, 0) is 4.79 Å². The Bertz CT molecular complexity index is 532. The number of hydrogen-bond donors (Lipinski definition) is 2. The molecule has 1 amide bonds. The molecule has 2 rings (SSSR count). The Morgan fingerprint density at radius 3 is 2.75 bits per heavy atom. The lowest BCUT2D eigenvalue weighted by Gasteiger charge is -2.39. The number of halogens is 1. The number of carboxylic acid groups (broad SMARTS) is 1. The van der Waals surface area contributed by atoms with Crippen molar-refractivity contribution in [2.75, 3.05) is 0 Å². The molecule has 108 valence electrons. The first-order valence-corrected chi connectivity index (χ1v) is 7.85. The SMILES string of the molecule is CC1CCCCC1(NC(=O)c1cccc(I)c1)C(=O)O. The first kappa shape index (κ1) is 15.3. The summed E-state index contributed by atoms with van der Waals surface area (Å²) in [5.41, 5.74) is -0.619. The molecule has 2 unspecified atom stereocenters. The van der Waals surface area contributed by atoms with Gasteiger partial charge in [0, 0.05) is 9.13 Å². The zero-order valence-corrected chi connectivity index (χ0v) is 13.5. The van der Waals surface area contributed by atoms with Crippen molar-refractivity contribution in [3.63, 3.8) is 0 Å². The highest BCUT2D eigenvalue weighted by Gasteiger charge is 2.46. The van der Waals surface area contributed by atoms with E-state index in [0.717, 1.165) is 22.8 Å². The van der Waals surface area contributed by atoms with Crippen LogP contribution in [0.4, 0.5) is 0 Å². The lowest BCUT2D eigenvalue weighted by Crippen LogP contribution is -2.60. The fourth-order valence-electron chi connectivity index (χ4n) is 2.81. The predicted molar refractivity (Wildman–Crippen MR) is 84.6 cm³/mol. The van der Waals surface area contributed by atoms with E-state index < -0.39 is 11.5 Å². The number of nitrogens with one attached hydrogen (secondary N) is 1. The average molecular weight is 387 g/mol. The summed E-state index contributed by atoms with van der Waals surface area (Å²) >= 11 is 2.13. The fraction of sp³-hybridized carbons (Fsp3) is 0.467. The van der Waals surface area contributed by atoms with Crippen molar-refractivity contribution in [2.24, 2.45) is 5.92 Å². The van der Waals surface area contributed by atoms with Crippen LogP contribution < -0.4 is 5.32 Å². The van der Waals surface area contributed by atoms with Gasteiger partial charge in [-0.2, -0.15) is 0 Å². The summed E-state index contributed by atoms with van der Waals surface area (Å²) in [4.78, 5) is 24.0. The Labute approximate surface area is 132 Å². The number of carboxylic acids is 1. The lowest BCUT2D eigenvalue weighted by atomic mass is 9.73. The summed E-state index contributed by atoms with van der Waals surface area (Å²) < 4.78 is 0.955. The van der Waals surface area contributed by atoms with Gasteiger partial charge >= 0.3 is 5.97 Å². The molecule has 0 bridgehead atoms. The molecule has 5 heteroatoms. The van der Waals surface area contributed by atoms with Crippen molar-refractivity contribution in [3.8, 4) is 0 Å². The van der Waals surface area contributed by atoms with Gasteiger partial charge < -0.3 is 10.4 Å². The normalized spacial score (nSPS) is 26.0. The molecule has 1 aromatic carbocycles. The Morgan fingerprint density at radius 1 is 1.40 bits per heavy atom.